The van der Waals surface area contributed by atoms with E-state index in [1.165, 1.54) is 5.56 Å². The largest absolute Gasteiger partial charge is 0.479 e. The predicted molar refractivity (Wildman–Crippen MR) is 90.6 cm³/mol. The van der Waals surface area contributed by atoms with Crippen LogP contribution in [-0.4, -0.2) is 12.0 Å². The Morgan fingerprint density at radius 3 is 2.41 bits per heavy atom. The van der Waals surface area contributed by atoms with Crippen molar-refractivity contribution in [2.75, 3.05) is 5.32 Å². The molecule has 0 saturated heterocycles. The minimum atomic E-state index is -0.578. The van der Waals surface area contributed by atoms with Crippen molar-refractivity contribution in [3.05, 3.63) is 59.1 Å². The predicted octanol–water partition coefficient (Wildman–Crippen LogP) is 4.70. The van der Waals surface area contributed by atoms with Crippen molar-refractivity contribution < 1.29 is 9.53 Å². The summed E-state index contributed by atoms with van der Waals surface area (Å²) >= 11 is 6.07. The molecule has 0 aliphatic heterocycles. The number of carbonyl (C=O) groups is 1. The molecule has 0 aliphatic rings. The highest BCUT2D eigenvalue weighted by Gasteiger charge is 2.19. The van der Waals surface area contributed by atoms with Crippen molar-refractivity contribution >= 4 is 23.2 Å². The van der Waals surface area contributed by atoms with Gasteiger partial charge in [0, 0.05) is 5.69 Å². The summed E-state index contributed by atoms with van der Waals surface area (Å²) in [5, 5.41) is 3.38. The fourth-order valence-electron chi connectivity index (χ4n) is 2.06. The van der Waals surface area contributed by atoms with E-state index in [1.54, 1.807) is 12.1 Å². The first kappa shape index (κ1) is 16.4. The van der Waals surface area contributed by atoms with Crippen molar-refractivity contribution in [2.45, 2.75) is 32.8 Å². The van der Waals surface area contributed by atoms with Gasteiger partial charge in [-0.15, -0.1) is 0 Å². The number of nitrogens with one attached hydrogen (secondary N) is 1. The number of carbonyl (C=O) groups excluding carboxylic acids is 1. The van der Waals surface area contributed by atoms with E-state index in [4.69, 9.17) is 16.3 Å². The van der Waals surface area contributed by atoms with Crippen LogP contribution in [-0.2, 0) is 11.2 Å². The molecule has 1 unspecified atom stereocenters. The van der Waals surface area contributed by atoms with Gasteiger partial charge in [-0.3, -0.25) is 4.79 Å². The summed E-state index contributed by atoms with van der Waals surface area (Å²) in [6.07, 6.45) is 0.955. The van der Waals surface area contributed by atoms with Crippen LogP contribution in [0.2, 0.25) is 5.02 Å². The van der Waals surface area contributed by atoms with E-state index in [0.717, 1.165) is 12.1 Å². The minimum absolute atomic E-state index is 0.174. The molecule has 1 atom stereocenters. The zero-order chi connectivity index (χ0) is 15.9. The lowest BCUT2D eigenvalue weighted by Gasteiger charge is -2.18. The molecule has 1 amide bonds. The maximum Gasteiger partial charge on any atom is 0.265 e. The number of hydrogen-bond donors (Lipinski definition) is 1. The molecule has 0 saturated carbocycles. The van der Waals surface area contributed by atoms with Crippen LogP contribution in [0.15, 0.2) is 48.5 Å². The van der Waals surface area contributed by atoms with E-state index >= 15 is 0 Å². The second-order valence-corrected chi connectivity index (χ2v) is 5.39. The van der Waals surface area contributed by atoms with Gasteiger partial charge in [0.2, 0.25) is 0 Å². The number of hydrogen-bond acceptors (Lipinski definition) is 2. The number of rotatable bonds is 6. The number of aryl methyl sites for hydroxylation is 1. The van der Waals surface area contributed by atoms with Gasteiger partial charge in [0.25, 0.3) is 5.91 Å². The molecular formula is C18H20ClNO2. The van der Waals surface area contributed by atoms with Crippen LogP contribution in [0.4, 0.5) is 5.69 Å². The molecule has 116 valence electrons. The van der Waals surface area contributed by atoms with Crippen molar-refractivity contribution in [1.82, 2.24) is 0 Å². The highest BCUT2D eigenvalue weighted by atomic mass is 35.5. The molecular weight excluding hydrogens is 298 g/mol. The van der Waals surface area contributed by atoms with Crippen molar-refractivity contribution in [3.63, 3.8) is 0 Å². The third-order valence-electron chi connectivity index (χ3n) is 3.40. The molecule has 1 N–H and O–H groups in total. The smallest absolute Gasteiger partial charge is 0.265 e. The molecule has 2 aromatic rings. The Morgan fingerprint density at radius 2 is 1.82 bits per heavy atom. The Bertz CT molecular complexity index is 625. The molecule has 0 aliphatic carbocycles. The SMILES string of the molecule is CCc1ccc(NC(=O)C(CC)Oc2ccccc2Cl)cc1. The van der Waals surface area contributed by atoms with Crippen LogP contribution < -0.4 is 10.1 Å². The Hall–Kier alpha value is -2.00. The van der Waals surface area contributed by atoms with E-state index in [2.05, 4.69) is 12.2 Å². The molecule has 0 radical (unpaired) electrons. The molecule has 2 aromatic carbocycles. The van der Waals surface area contributed by atoms with Gasteiger partial charge in [-0.05, 0) is 42.7 Å². The first-order chi connectivity index (χ1) is 10.6. The molecule has 4 heteroatoms. The molecule has 0 fully saturated rings. The van der Waals surface area contributed by atoms with Gasteiger partial charge in [0.15, 0.2) is 6.10 Å². The average Bonchev–Trinajstić information content (AvgIpc) is 2.54. The maximum absolute atomic E-state index is 12.3. The third kappa shape index (κ3) is 4.25. The van der Waals surface area contributed by atoms with Gasteiger partial charge < -0.3 is 10.1 Å². The van der Waals surface area contributed by atoms with Crippen molar-refractivity contribution in [1.29, 1.82) is 0 Å². The summed E-state index contributed by atoms with van der Waals surface area (Å²) in [6.45, 7) is 4.00. The Balaban J connectivity index is 2.03. The lowest BCUT2D eigenvalue weighted by atomic mass is 10.1. The molecule has 2 rings (SSSR count). The highest BCUT2D eigenvalue weighted by Crippen LogP contribution is 2.25. The van der Waals surface area contributed by atoms with Crippen LogP contribution in [0.5, 0.6) is 5.75 Å². The number of amides is 1. The zero-order valence-electron chi connectivity index (χ0n) is 12.8. The molecule has 22 heavy (non-hydrogen) atoms. The summed E-state index contributed by atoms with van der Waals surface area (Å²) < 4.78 is 5.73. The van der Waals surface area contributed by atoms with Crippen molar-refractivity contribution in [2.24, 2.45) is 0 Å². The van der Waals surface area contributed by atoms with E-state index in [9.17, 15) is 4.79 Å². The zero-order valence-corrected chi connectivity index (χ0v) is 13.6. The standard InChI is InChI=1S/C18H20ClNO2/c1-3-13-9-11-14(12-10-13)20-18(21)16(4-2)22-17-8-6-5-7-15(17)19/h5-12,16H,3-4H2,1-2H3,(H,20,21). The Labute approximate surface area is 136 Å². The lowest BCUT2D eigenvalue weighted by molar-refractivity contribution is -0.122. The van der Waals surface area contributed by atoms with Gasteiger partial charge in [-0.2, -0.15) is 0 Å². The van der Waals surface area contributed by atoms with Crippen LogP contribution in [0.1, 0.15) is 25.8 Å². The van der Waals surface area contributed by atoms with Gasteiger partial charge >= 0.3 is 0 Å². The van der Waals surface area contributed by atoms with Crippen molar-refractivity contribution in [3.8, 4) is 5.75 Å². The molecule has 0 heterocycles. The number of anilines is 1. The van der Waals surface area contributed by atoms with Gasteiger partial charge in [0.05, 0.1) is 5.02 Å². The average molecular weight is 318 g/mol. The molecule has 0 bridgehead atoms. The molecule has 0 aromatic heterocycles. The topological polar surface area (TPSA) is 38.3 Å². The quantitative estimate of drug-likeness (QED) is 0.838. The first-order valence-electron chi connectivity index (χ1n) is 7.45. The number of benzene rings is 2. The van der Waals surface area contributed by atoms with Gasteiger partial charge in [-0.1, -0.05) is 49.7 Å². The van der Waals surface area contributed by atoms with Crippen LogP contribution in [0.25, 0.3) is 0 Å². The maximum atomic E-state index is 12.3. The van der Waals surface area contributed by atoms with E-state index in [1.807, 2.05) is 43.3 Å². The van der Waals surface area contributed by atoms with E-state index < -0.39 is 6.10 Å². The summed E-state index contributed by atoms with van der Waals surface area (Å²) in [6, 6.07) is 15.0. The minimum Gasteiger partial charge on any atom is -0.479 e. The molecule has 0 spiro atoms. The van der Waals surface area contributed by atoms with E-state index in [0.29, 0.717) is 17.2 Å². The normalized spacial score (nSPS) is 11.8. The first-order valence-corrected chi connectivity index (χ1v) is 7.82. The van der Waals surface area contributed by atoms with Crippen LogP contribution in [0.3, 0.4) is 0 Å². The van der Waals surface area contributed by atoms with Gasteiger partial charge in [-0.25, -0.2) is 0 Å². The highest BCUT2D eigenvalue weighted by molar-refractivity contribution is 6.32. The van der Waals surface area contributed by atoms with Crippen LogP contribution in [0, 0.1) is 0 Å². The number of ether oxygens (including phenoxy) is 1. The van der Waals surface area contributed by atoms with E-state index in [-0.39, 0.29) is 5.91 Å². The summed E-state index contributed by atoms with van der Waals surface area (Å²) in [5.41, 5.74) is 2.00. The van der Waals surface area contributed by atoms with Crippen LogP contribution >= 0.6 is 11.6 Å². The summed E-state index contributed by atoms with van der Waals surface area (Å²) in [5.74, 6) is 0.346. The summed E-state index contributed by atoms with van der Waals surface area (Å²) in [7, 11) is 0. The Morgan fingerprint density at radius 1 is 1.14 bits per heavy atom. The van der Waals surface area contributed by atoms with Gasteiger partial charge in [0.1, 0.15) is 5.75 Å². The fourth-order valence-corrected chi connectivity index (χ4v) is 2.24. The number of halogens is 1. The third-order valence-corrected chi connectivity index (χ3v) is 3.71. The second kappa shape index (κ2) is 7.85. The Kier molecular flexibility index (Phi) is 5.84. The lowest BCUT2D eigenvalue weighted by Crippen LogP contribution is -2.32. The summed E-state index contributed by atoms with van der Waals surface area (Å²) in [4.78, 5) is 12.3. The number of para-hydroxylation sites is 1. The molecule has 3 nitrogen and oxygen atoms in total. The fraction of sp³-hybridized carbons (Fsp3) is 0.278. The monoisotopic (exact) mass is 317 g/mol. The second-order valence-electron chi connectivity index (χ2n) is 4.98.